The zero-order chi connectivity index (χ0) is 21.7. The van der Waals surface area contributed by atoms with Crippen LogP contribution in [-0.2, 0) is 9.53 Å². The van der Waals surface area contributed by atoms with Crippen molar-refractivity contribution < 1.29 is 14.6 Å². The SMILES string of the molecule is C=CC12CCC3(C)C(=CC#N)CCC3C1CC(OC(C)=O)C1CC(O)CCC12CC. The van der Waals surface area contributed by atoms with Crippen molar-refractivity contribution in [2.75, 3.05) is 0 Å². The van der Waals surface area contributed by atoms with Gasteiger partial charge in [-0.3, -0.25) is 4.79 Å². The summed E-state index contributed by atoms with van der Waals surface area (Å²) in [5.74, 6) is 0.850. The van der Waals surface area contributed by atoms with Gasteiger partial charge in [-0.1, -0.05) is 25.5 Å². The summed E-state index contributed by atoms with van der Waals surface area (Å²) in [6, 6.07) is 2.29. The highest BCUT2D eigenvalue weighted by Gasteiger charge is 2.68. The van der Waals surface area contributed by atoms with E-state index in [0.717, 1.165) is 57.8 Å². The van der Waals surface area contributed by atoms with Gasteiger partial charge in [0.15, 0.2) is 0 Å². The predicted octanol–water partition coefficient (Wildman–Crippen LogP) is 5.33. The van der Waals surface area contributed by atoms with Gasteiger partial charge in [0.05, 0.1) is 12.2 Å². The first-order chi connectivity index (χ1) is 14.3. The molecule has 0 heterocycles. The molecule has 0 aromatic rings. The van der Waals surface area contributed by atoms with Gasteiger partial charge < -0.3 is 9.84 Å². The van der Waals surface area contributed by atoms with E-state index in [0.29, 0.717) is 11.8 Å². The van der Waals surface area contributed by atoms with Crippen LogP contribution in [0.3, 0.4) is 0 Å². The molecule has 8 unspecified atom stereocenters. The maximum Gasteiger partial charge on any atom is 0.302 e. The second-order valence-corrected chi connectivity index (χ2v) is 10.6. The number of hydrogen-bond donors (Lipinski definition) is 1. The molecule has 0 saturated heterocycles. The average molecular weight is 412 g/mol. The second kappa shape index (κ2) is 7.52. The van der Waals surface area contributed by atoms with Crippen LogP contribution in [0.15, 0.2) is 24.3 Å². The molecule has 4 rings (SSSR count). The molecule has 0 aliphatic heterocycles. The standard InChI is InChI=1S/C26H37NO3/c1-5-25-11-9-19(29)15-22(25)23(30-17(3)28)16-21-20-8-7-18(10-14-27)24(20,4)12-13-26(21,25)6-2/h6,10,19-23,29H,2,5,7-9,11-13,15-16H2,1,3-4H3. The fourth-order valence-electron chi connectivity index (χ4n) is 8.78. The van der Waals surface area contributed by atoms with E-state index in [4.69, 9.17) is 4.74 Å². The van der Waals surface area contributed by atoms with E-state index in [1.807, 2.05) is 0 Å². The molecule has 0 aromatic heterocycles. The number of nitrogens with zero attached hydrogens (tertiary/aromatic N) is 1. The van der Waals surface area contributed by atoms with Crippen molar-refractivity contribution in [1.82, 2.24) is 0 Å². The largest absolute Gasteiger partial charge is 0.462 e. The van der Waals surface area contributed by atoms with Crippen LogP contribution < -0.4 is 0 Å². The van der Waals surface area contributed by atoms with E-state index >= 15 is 0 Å². The van der Waals surface area contributed by atoms with Crippen LogP contribution in [0, 0.1) is 45.3 Å². The van der Waals surface area contributed by atoms with Crippen molar-refractivity contribution in [3.8, 4) is 6.07 Å². The summed E-state index contributed by atoms with van der Waals surface area (Å²) in [7, 11) is 0. The van der Waals surface area contributed by atoms with E-state index < -0.39 is 0 Å². The van der Waals surface area contributed by atoms with Gasteiger partial charge in [-0.25, -0.2) is 0 Å². The van der Waals surface area contributed by atoms with Crippen LogP contribution in [0.2, 0.25) is 0 Å². The highest BCUT2D eigenvalue weighted by atomic mass is 16.5. The molecule has 4 fully saturated rings. The summed E-state index contributed by atoms with van der Waals surface area (Å²) in [6.45, 7) is 10.6. The Kier molecular flexibility index (Phi) is 5.42. The number of fused-ring (bicyclic) bond motifs is 5. The fourth-order valence-corrected chi connectivity index (χ4v) is 8.78. The van der Waals surface area contributed by atoms with Gasteiger partial charge >= 0.3 is 5.97 Å². The van der Waals surface area contributed by atoms with Gasteiger partial charge in [0.2, 0.25) is 0 Å². The molecule has 0 radical (unpaired) electrons. The Morgan fingerprint density at radius 1 is 1.27 bits per heavy atom. The van der Waals surface area contributed by atoms with Crippen LogP contribution >= 0.6 is 0 Å². The van der Waals surface area contributed by atoms with Gasteiger partial charge in [0.1, 0.15) is 6.10 Å². The molecular formula is C26H37NO3. The number of esters is 1. The quantitative estimate of drug-likeness (QED) is 0.387. The average Bonchev–Trinajstić information content (AvgIpc) is 3.04. The number of rotatable bonds is 3. The molecule has 4 nitrogen and oxygen atoms in total. The highest BCUT2D eigenvalue weighted by molar-refractivity contribution is 5.66. The van der Waals surface area contributed by atoms with Crippen LogP contribution in [0.1, 0.15) is 78.6 Å². The van der Waals surface area contributed by atoms with Crippen molar-refractivity contribution in [3.63, 3.8) is 0 Å². The maximum atomic E-state index is 12.0. The minimum absolute atomic E-state index is 0.00940. The summed E-state index contributed by atoms with van der Waals surface area (Å²) in [6.07, 6.45) is 12.3. The molecular weight excluding hydrogens is 374 g/mol. The Morgan fingerprint density at radius 2 is 2.03 bits per heavy atom. The summed E-state index contributed by atoms with van der Waals surface area (Å²) < 4.78 is 5.98. The number of carbonyl (C=O) groups is 1. The molecule has 1 N–H and O–H groups in total. The molecule has 30 heavy (non-hydrogen) atoms. The van der Waals surface area contributed by atoms with Crippen LogP contribution in [0.25, 0.3) is 0 Å². The predicted molar refractivity (Wildman–Crippen MR) is 116 cm³/mol. The lowest BCUT2D eigenvalue weighted by atomic mass is 9.36. The maximum absolute atomic E-state index is 12.0. The number of nitriles is 1. The molecule has 4 heteroatoms. The first-order valence-corrected chi connectivity index (χ1v) is 11.9. The van der Waals surface area contributed by atoms with Gasteiger partial charge in [0.25, 0.3) is 0 Å². The van der Waals surface area contributed by atoms with Crippen molar-refractivity contribution in [2.24, 2.45) is 34.0 Å². The van der Waals surface area contributed by atoms with Crippen molar-refractivity contribution >= 4 is 5.97 Å². The Labute approximate surface area is 181 Å². The minimum atomic E-state index is -0.309. The molecule has 4 saturated carbocycles. The third kappa shape index (κ3) is 2.77. The van der Waals surface area contributed by atoms with E-state index in [-0.39, 0.29) is 40.3 Å². The number of allylic oxidation sites excluding steroid dienone is 3. The topological polar surface area (TPSA) is 70.3 Å². The summed E-state index contributed by atoms with van der Waals surface area (Å²) in [4.78, 5) is 12.0. The van der Waals surface area contributed by atoms with E-state index in [9.17, 15) is 15.2 Å². The Balaban J connectivity index is 1.83. The molecule has 164 valence electrons. The number of aliphatic hydroxyl groups is 1. The molecule has 4 aliphatic carbocycles. The Hall–Kier alpha value is -1.60. The molecule has 0 bridgehead atoms. The van der Waals surface area contributed by atoms with Gasteiger partial charge in [-0.15, -0.1) is 6.58 Å². The Morgan fingerprint density at radius 3 is 2.67 bits per heavy atom. The number of ether oxygens (including phenoxy) is 1. The summed E-state index contributed by atoms with van der Waals surface area (Å²) in [5.41, 5.74) is 1.39. The fraction of sp³-hybridized carbons (Fsp3) is 0.769. The normalized spacial score (nSPS) is 48.8. The number of carbonyl (C=O) groups excluding carboxylic acids is 1. The highest BCUT2D eigenvalue weighted by Crippen LogP contribution is 2.74. The summed E-state index contributed by atoms with van der Waals surface area (Å²) >= 11 is 0. The molecule has 8 atom stereocenters. The lowest BCUT2D eigenvalue weighted by Gasteiger charge is -2.68. The number of aliphatic hydroxyl groups excluding tert-OH is 1. The smallest absolute Gasteiger partial charge is 0.302 e. The molecule has 0 amide bonds. The number of hydrogen-bond acceptors (Lipinski definition) is 4. The third-order valence-electron chi connectivity index (χ3n) is 10.1. The first kappa shape index (κ1) is 21.6. The van der Waals surface area contributed by atoms with Crippen LogP contribution in [0.4, 0.5) is 0 Å². The van der Waals surface area contributed by atoms with Gasteiger partial charge in [0, 0.05) is 18.9 Å². The minimum Gasteiger partial charge on any atom is -0.462 e. The molecule has 4 aliphatic rings. The van der Waals surface area contributed by atoms with E-state index in [1.54, 1.807) is 6.08 Å². The van der Waals surface area contributed by atoms with Crippen molar-refractivity contribution in [2.45, 2.75) is 90.8 Å². The van der Waals surface area contributed by atoms with E-state index in [2.05, 4.69) is 32.6 Å². The molecule has 0 spiro atoms. The van der Waals surface area contributed by atoms with Crippen molar-refractivity contribution in [3.05, 3.63) is 24.3 Å². The van der Waals surface area contributed by atoms with E-state index in [1.165, 1.54) is 12.5 Å². The Bertz CT molecular complexity index is 797. The first-order valence-electron chi connectivity index (χ1n) is 11.9. The van der Waals surface area contributed by atoms with Crippen LogP contribution in [-0.4, -0.2) is 23.3 Å². The van der Waals surface area contributed by atoms with Gasteiger partial charge in [-0.2, -0.15) is 5.26 Å². The van der Waals surface area contributed by atoms with Crippen molar-refractivity contribution in [1.29, 1.82) is 5.26 Å². The van der Waals surface area contributed by atoms with Gasteiger partial charge in [-0.05, 0) is 85.9 Å². The zero-order valence-electron chi connectivity index (χ0n) is 18.8. The molecule has 0 aromatic carbocycles. The van der Waals surface area contributed by atoms with Crippen LogP contribution in [0.5, 0.6) is 0 Å². The lowest BCUT2D eigenvalue weighted by Crippen LogP contribution is -2.65. The third-order valence-corrected chi connectivity index (χ3v) is 10.1. The second-order valence-electron chi connectivity index (χ2n) is 10.6. The lowest BCUT2D eigenvalue weighted by molar-refractivity contribution is -0.219. The monoisotopic (exact) mass is 411 g/mol. The zero-order valence-corrected chi connectivity index (χ0v) is 18.8. The summed E-state index contributed by atoms with van der Waals surface area (Å²) in [5, 5.41) is 19.9.